The molecule has 0 spiro atoms. The van der Waals surface area contributed by atoms with Crippen molar-refractivity contribution in [1.82, 2.24) is 0 Å². The molecule has 1 aliphatic rings. The van der Waals surface area contributed by atoms with Crippen LogP contribution in [0, 0.1) is 0 Å². The molecular formula is C52H98O12S. The van der Waals surface area contributed by atoms with E-state index >= 15 is 0 Å². The van der Waals surface area contributed by atoms with E-state index in [9.17, 15) is 37.9 Å². The zero-order valence-electron chi connectivity index (χ0n) is 41.4. The van der Waals surface area contributed by atoms with Gasteiger partial charge in [0, 0.05) is 12.8 Å². The zero-order valence-corrected chi connectivity index (χ0v) is 42.2. The van der Waals surface area contributed by atoms with Crippen LogP contribution < -0.4 is 0 Å². The van der Waals surface area contributed by atoms with Crippen molar-refractivity contribution in [2.75, 3.05) is 19.0 Å². The average molecular weight is 947 g/mol. The Labute approximate surface area is 396 Å². The first-order valence-electron chi connectivity index (χ1n) is 26.7. The molecule has 0 aromatic carbocycles. The number of carbonyl (C=O) groups excluding carboxylic acids is 2. The second-order valence-corrected chi connectivity index (χ2v) is 20.4. The first-order chi connectivity index (χ1) is 31.5. The van der Waals surface area contributed by atoms with Crippen LogP contribution in [0.4, 0.5) is 0 Å². The van der Waals surface area contributed by atoms with Gasteiger partial charge in [0.1, 0.15) is 36.8 Å². The highest BCUT2D eigenvalue weighted by atomic mass is 32.2. The van der Waals surface area contributed by atoms with Gasteiger partial charge >= 0.3 is 11.9 Å². The van der Waals surface area contributed by atoms with Gasteiger partial charge in [0.05, 0.1) is 6.61 Å². The summed E-state index contributed by atoms with van der Waals surface area (Å²) in [6, 6.07) is 0. The topological polar surface area (TPSA) is 186 Å². The van der Waals surface area contributed by atoms with Gasteiger partial charge in [-0.25, -0.2) is 0 Å². The summed E-state index contributed by atoms with van der Waals surface area (Å²) in [7, 11) is -4.60. The van der Waals surface area contributed by atoms with Crippen LogP contribution in [0.5, 0.6) is 0 Å². The van der Waals surface area contributed by atoms with Gasteiger partial charge in [-0.3, -0.25) is 14.1 Å². The quantitative estimate of drug-likeness (QED) is 0.0196. The van der Waals surface area contributed by atoms with Crippen LogP contribution in [0.15, 0.2) is 12.2 Å². The molecule has 1 heterocycles. The highest BCUT2D eigenvalue weighted by Crippen LogP contribution is 2.24. The number of hydrogen-bond acceptors (Lipinski definition) is 11. The van der Waals surface area contributed by atoms with Crippen LogP contribution in [0.3, 0.4) is 0 Å². The fourth-order valence-corrected chi connectivity index (χ4v) is 9.13. The van der Waals surface area contributed by atoms with E-state index in [1.165, 1.54) is 161 Å². The predicted octanol–water partition coefficient (Wildman–Crippen LogP) is 12.2. The van der Waals surface area contributed by atoms with Crippen LogP contribution >= 0.6 is 0 Å². The third-order valence-corrected chi connectivity index (χ3v) is 13.3. The molecule has 0 aromatic rings. The first-order valence-corrected chi connectivity index (χ1v) is 28.4. The highest BCUT2D eigenvalue weighted by Gasteiger charge is 2.46. The first kappa shape index (κ1) is 61.4. The van der Waals surface area contributed by atoms with Crippen molar-refractivity contribution in [2.24, 2.45) is 0 Å². The molecule has 0 aliphatic carbocycles. The molecular weight excluding hydrogens is 849 g/mol. The molecule has 0 bridgehead atoms. The third-order valence-electron chi connectivity index (χ3n) is 12.6. The van der Waals surface area contributed by atoms with E-state index in [-0.39, 0.29) is 19.4 Å². The van der Waals surface area contributed by atoms with Gasteiger partial charge in [-0.15, -0.1) is 0 Å². The second-order valence-electron chi connectivity index (χ2n) is 18.9. The van der Waals surface area contributed by atoms with E-state index < -0.39 is 71.2 Å². The van der Waals surface area contributed by atoms with Crippen molar-refractivity contribution in [2.45, 2.75) is 288 Å². The Balaban J connectivity index is 2.32. The molecule has 1 aliphatic heterocycles. The fraction of sp³-hybridized carbons (Fsp3) is 0.923. The fourth-order valence-electron chi connectivity index (χ4n) is 8.44. The van der Waals surface area contributed by atoms with E-state index in [2.05, 4.69) is 26.0 Å². The molecule has 0 saturated carbocycles. The van der Waals surface area contributed by atoms with Gasteiger partial charge in [-0.1, -0.05) is 212 Å². The van der Waals surface area contributed by atoms with E-state index in [1.54, 1.807) is 0 Å². The lowest BCUT2D eigenvalue weighted by molar-refractivity contribution is -0.297. The molecule has 6 atom stereocenters. The van der Waals surface area contributed by atoms with Gasteiger partial charge in [-0.2, -0.15) is 8.42 Å². The summed E-state index contributed by atoms with van der Waals surface area (Å²) in [6.45, 7) is 3.79. The minimum Gasteiger partial charge on any atom is -0.462 e. The maximum atomic E-state index is 12.9. The van der Waals surface area contributed by atoms with Crippen LogP contribution in [0.25, 0.3) is 0 Å². The highest BCUT2D eigenvalue weighted by molar-refractivity contribution is 7.85. The molecule has 0 aromatic heterocycles. The van der Waals surface area contributed by atoms with Gasteiger partial charge in [0.15, 0.2) is 12.4 Å². The minimum atomic E-state index is -4.60. The van der Waals surface area contributed by atoms with Crippen LogP contribution in [-0.4, -0.2) is 96.0 Å². The molecule has 4 N–H and O–H groups in total. The summed E-state index contributed by atoms with van der Waals surface area (Å²) in [5.74, 6) is -1.97. The molecule has 65 heavy (non-hydrogen) atoms. The molecule has 12 nitrogen and oxygen atoms in total. The molecule has 0 radical (unpaired) electrons. The predicted molar refractivity (Wildman–Crippen MR) is 261 cm³/mol. The minimum absolute atomic E-state index is 0.164. The Morgan fingerprint density at radius 1 is 0.508 bits per heavy atom. The maximum absolute atomic E-state index is 12.9. The third kappa shape index (κ3) is 37.0. The molecule has 2 unspecified atom stereocenters. The molecule has 13 heteroatoms. The lowest BCUT2D eigenvalue weighted by Crippen LogP contribution is -2.60. The summed E-state index contributed by atoms with van der Waals surface area (Å²) < 4.78 is 54.3. The molecule has 1 saturated heterocycles. The zero-order chi connectivity index (χ0) is 47.6. The number of hydrogen-bond donors (Lipinski definition) is 4. The van der Waals surface area contributed by atoms with E-state index in [1.807, 2.05) is 0 Å². The molecule has 1 rings (SSSR count). The number of rotatable bonds is 46. The second kappa shape index (κ2) is 42.5. The number of esters is 2. The summed E-state index contributed by atoms with van der Waals surface area (Å²) >= 11 is 0. The van der Waals surface area contributed by atoms with E-state index in [0.29, 0.717) is 12.8 Å². The Kier molecular flexibility index (Phi) is 40.1. The van der Waals surface area contributed by atoms with E-state index in [0.717, 1.165) is 51.4 Å². The average Bonchev–Trinajstić information content (AvgIpc) is 3.27. The summed E-state index contributed by atoms with van der Waals surface area (Å²) in [5, 5.41) is 31.0. The van der Waals surface area contributed by atoms with Crippen LogP contribution in [-0.2, 0) is 38.7 Å². The van der Waals surface area contributed by atoms with Crippen molar-refractivity contribution >= 4 is 22.1 Å². The summed E-state index contributed by atoms with van der Waals surface area (Å²) in [5.41, 5.74) is 0. The van der Waals surface area contributed by atoms with Crippen LogP contribution in [0.1, 0.15) is 251 Å². The SMILES string of the molecule is CCCCCC/C=C/CCCCCCCCCC(=O)O[C@H](COC(=O)CCCCCCCCCCCCCCCCCCCCCCCC)CO[C@H]1O[C@H](CS(=O)(=O)O)[C@@H](O)C(O)C1O. The molecule has 0 amide bonds. The van der Waals surface area contributed by atoms with Gasteiger partial charge in [0.25, 0.3) is 10.1 Å². The van der Waals surface area contributed by atoms with Crippen molar-refractivity contribution in [3.8, 4) is 0 Å². The summed E-state index contributed by atoms with van der Waals surface area (Å²) in [4.78, 5) is 25.5. The normalized spacial score (nSPS) is 19.5. The summed E-state index contributed by atoms with van der Waals surface area (Å²) in [6.07, 6.45) is 38.3. The molecule has 384 valence electrons. The Bertz CT molecular complexity index is 1250. The van der Waals surface area contributed by atoms with E-state index in [4.69, 9.17) is 18.9 Å². The smallest absolute Gasteiger partial charge is 0.306 e. The monoisotopic (exact) mass is 947 g/mol. The largest absolute Gasteiger partial charge is 0.462 e. The number of allylic oxidation sites excluding steroid dienone is 2. The van der Waals surface area contributed by atoms with Crippen molar-refractivity contribution in [3.05, 3.63) is 12.2 Å². The number of aliphatic hydroxyl groups is 3. The Morgan fingerprint density at radius 3 is 1.29 bits per heavy atom. The van der Waals surface area contributed by atoms with Crippen molar-refractivity contribution < 1.29 is 56.8 Å². The number of aliphatic hydroxyl groups excluding tert-OH is 3. The Hall–Kier alpha value is -1.61. The van der Waals surface area contributed by atoms with Crippen molar-refractivity contribution in [3.63, 3.8) is 0 Å². The van der Waals surface area contributed by atoms with Crippen LogP contribution in [0.2, 0.25) is 0 Å². The van der Waals surface area contributed by atoms with Gasteiger partial charge < -0.3 is 34.3 Å². The lowest BCUT2D eigenvalue weighted by atomic mass is 10.00. The number of carbonyl (C=O) groups is 2. The number of ether oxygens (including phenoxy) is 4. The van der Waals surface area contributed by atoms with Gasteiger partial charge in [-0.05, 0) is 38.5 Å². The van der Waals surface area contributed by atoms with Crippen molar-refractivity contribution in [1.29, 1.82) is 0 Å². The lowest BCUT2D eigenvalue weighted by Gasteiger charge is -2.40. The Morgan fingerprint density at radius 2 is 0.877 bits per heavy atom. The van der Waals surface area contributed by atoms with Gasteiger partial charge in [0.2, 0.25) is 0 Å². The maximum Gasteiger partial charge on any atom is 0.306 e. The number of unbranched alkanes of at least 4 members (excludes halogenated alkanes) is 32. The molecule has 1 fully saturated rings. The standard InChI is InChI=1S/C52H98O12S/c1-3-5-7-9-11-13-15-17-19-20-21-22-23-24-25-27-28-30-32-34-36-38-40-47(53)61-42-45(43-62-52-51(57)50(56)49(55)46(64-52)44-65(58,59)60)63-48(54)41-39-37-35-33-31-29-26-18-16-14-12-10-8-6-4-2/h14,16,45-46,49-52,55-57H,3-13,15,17-44H2,1-2H3,(H,58,59,60)/b16-14+/t45-,46-,49-,50?,51?,52+/m1/s1.